The first-order valence-corrected chi connectivity index (χ1v) is 9.14. The number of fused-ring (bicyclic) bond motifs is 2. The highest BCUT2D eigenvalue weighted by Crippen LogP contribution is 2.43. The first kappa shape index (κ1) is 17.2. The van der Waals surface area contributed by atoms with Gasteiger partial charge in [-0.15, -0.1) is 0 Å². The molecule has 1 heterocycles. The highest BCUT2D eigenvalue weighted by atomic mass is 16.5. The van der Waals surface area contributed by atoms with Crippen LogP contribution in [0.15, 0.2) is 78.9 Å². The van der Waals surface area contributed by atoms with Gasteiger partial charge in [0.15, 0.2) is 0 Å². The van der Waals surface area contributed by atoms with Gasteiger partial charge >= 0.3 is 0 Å². The molecule has 0 bridgehead atoms. The summed E-state index contributed by atoms with van der Waals surface area (Å²) in [7, 11) is 0. The largest absolute Gasteiger partial charge is 0.494 e. The van der Waals surface area contributed by atoms with Crippen molar-refractivity contribution < 1.29 is 14.3 Å². The summed E-state index contributed by atoms with van der Waals surface area (Å²) in [5, 5.41) is 3.05. The number of nitrogens with one attached hydrogen (secondary N) is 1. The lowest BCUT2D eigenvalue weighted by Crippen LogP contribution is -2.32. The predicted octanol–water partition coefficient (Wildman–Crippen LogP) is 4.51. The van der Waals surface area contributed by atoms with Crippen molar-refractivity contribution in [1.29, 1.82) is 0 Å². The van der Waals surface area contributed by atoms with Crippen LogP contribution >= 0.6 is 0 Å². The van der Waals surface area contributed by atoms with Crippen molar-refractivity contribution in [2.45, 2.75) is 12.3 Å². The molecule has 1 amide bonds. The van der Waals surface area contributed by atoms with Crippen LogP contribution in [0.1, 0.15) is 23.5 Å². The topological polar surface area (TPSA) is 47.6 Å². The van der Waals surface area contributed by atoms with Gasteiger partial charge in [0.05, 0.1) is 12.5 Å². The number of carbonyl (C=O) groups is 1. The van der Waals surface area contributed by atoms with Crippen molar-refractivity contribution in [2.24, 2.45) is 0 Å². The van der Waals surface area contributed by atoms with Crippen molar-refractivity contribution in [3.63, 3.8) is 0 Å². The molecule has 1 aliphatic heterocycles. The maximum atomic E-state index is 12.9. The summed E-state index contributed by atoms with van der Waals surface area (Å²) in [5.74, 6) is 1.95. The summed E-state index contributed by atoms with van der Waals surface area (Å²) < 4.78 is 11.6. The molecular weight excluding hydrogens is 338 g/mol. The molecule has 4 nitrogen and oxygen atoms in total. The van der Waals surface area contributed by atoms with Gasteiger partial charge in [0.2, 0.25) is 5.91 Å². The van der Waals surface area contributed by atoms with Gasteiger partial charge in [-0.25, -0.2) is 0 Å². The van der Waals surface area contributed by atoms with Crippen molar-refractivity contribution >= 4 is 5.91 Å². The molecule has 4 heteroatoms. The second-order valence-corrected chi connectivity index (χ2v) is 6.42. The summed E-state index contributed by atoms with van der Waals surface area (Å²) in [6.07, 6.45) is 0.743. The maximum absolute atomic E-state index is 12.9. The summed E-state index contributed by atoms with van der Waals surface area (Å²) >= 11 is 0. The Kier molecular flexibility index (Phi) is 5.06. The molecule has 1 aliphatic rings. The molecule has 0 fully saturated rings. The van der Waals surface area contributed by atoms with E-state index in [9.17, 15) is 4.79 Å². The first-order chi connectivity index (χ1) is 13.3. The average Bonchev–Trinajstić information content (AvgIpc) is 2.72. The molecule has 0 aromatic heterocycles. The van der Waals surface area contributed by atoms with Gasteiger partial charge in [0, 0.05) is 17.7 Å². The van der Waals surface area contributed by atoms with E-state index in [1.165, 1.54) is 0 Å². The van der Waals surface area contributed by atoms with E-state index in [4.69, 9.17) is 9.47 Å². The SMILES string of the molecule is O=C(NCCCOc1ccccc1)C1c2ccccc2Oc2ccccc21. The van der Waals surface area contributed by atoms with Gasteiger partial charge < -0.3 is 14.8 Å². The Morgan fingerprint density at radius 3 is 2.11 bits per heavy atom. The lowest BCUT2D eigenvalue weighted by molar-refractivity contribution is -0.121. The smallest absolute Gasteiger partial charge is 0.232 e. The van der Waals surface area contributed by atoms with Gasteiger partial charge in [0.25, 0.3) is 0 Å². The minimum Gasteiger partial charge on any atom is -0.494 e. The fourth-order valence-corrected chi connectivity index (χ4v) is 3.28. The Hall–Kier alpha value is -3.27. The van der Waals surface area contributed by atoms with Crippen LogP contribution in [0.2, 0.25) is 0 Å². The van der Waals surface area contributed by atoms with Crippen LogP contribution in [0.25, 0.3) is 0 Å². The molecule has 136 valence electrons. The summed E-state index contributed by atoms with van der Waals surface area (Å²) in [4.78, 5) is 12.9. The Balaban J connectivity index is 1.40. The van der Waals surface area contributed by atoms with Crippen LogP contribution in [-0.2, 0) is 4.79 Å². The van der Waals surface area contributed by atoms with E-state index in [0.717, 1.165) is 34.8 Å². The van der Waals surface area contributed by atoms with E-state index in [0.29, 0.717) is 13.2 Å². The molecule has 1 N–H and O–H groups in total. The number of carbonyl (C=O) groups excluding carboxylic acids is 1. The second kappa shape index (κ2) is 7.96. The van der Waals surface area contributed by atoms with E-state index >= 15 is 0 Å². The van der Waals surface area contributed by atoms with E-state index in [2.05, 4.69) is 5.32 Å². The molecule has 0 atom stereocenters. The molecule has 0 spiro atoms. The Morgan fingerprint density at radius 1 is 0.852 bits per heavy atom. The van der Waals surface area contributed by atoms with Gasteiger partial charge in [-0.3, -0.25) is 4.79 Å². The van der Waals surface area contributed by atoms with Crippen molar-refractivity contribution in [1.82, 2.24) is 5.32 Å². The van der Waals surface area contributed by atoms with Gasteiger partial charge in [-0.2, -0.15) is 0 Å². The van der Waals surface area contributed by atoms with Crippen LogP contribution < -0.4 is 14.8 Å². The molecule has 0 saturated carbocycles. The summed E-state index contributed by atoms with van der Waals surface area (Å²) in [6.45, 7) is 1.12. The maximum Gasteiger partial charge on any atom is 0.232 e. The van der Waals surface area contributed by atoms with Gasteiger partial charge in [-0.05, 0) is 30.7 Å². The van der Waals surface area contributed by atoms with Crippen LogP contribution in [0.4, 0.5) is 0 Å². The molecular formula is C23H21NO3. The molecule has 0 saturated heterocycles. The first-order valence-electron chi connectivity index (χ1n) is 9.14. The van der Waals surface area contributed by atoms with Gasteiger partial charge in [0.1, 0.15) is 17.2 Å². The minimum atomic E-state index is -0.360. The van der Waals surface area contributed by atoms with E-state index in [1.807, 2.05) is 78.9 Å². The molecule has 3 aromatic carbocycles. The standard InChI is InChI=1S/C23H21NO3/c25-23(24-15-8-16-26-17-9-2-1-3-10-17)22-18-11-4-6-13-20(18)27-21-14-7-5-12-19(21)22/h1-7,9-14,22H,8,15-16H2,(H,24,25). The summed E-state index contributed by atoms with van der Waals surface area (Å²) in [6, 6.07) is 25.1. The van der Waals surface area contributed by atoms with E-state index < -0.39 is 0 Å². The number of hydrogen-bond donors (Lipinski definition) is 1. The average molecular weight is 359 g/mol. The normalized spacial score (nSPS) is 12.4. The fraction of sp³-hybridized carbons (Fsp3) is 0.174. The number of amides is 1. The number of para-hydroxylation sites is 3. The number of ether oxygens (including phenoxy) is 2. The highest BCUT2D eigenvalue weighted by Gasteiger charge is 2.31. The zero-order valence-electron chi connectivity index (χ0n) is 14.9. The third-order valence-corrected chi connectivity index (χ3v) is 4.57. The van der Waals surface area contributed by atoms with Crippen LogP contribution in [0, 0.1) is 0 Å². The molecule has 0 aliphatic carbocycles. The van der Waals surface area contributed by atoms with Crippen molar-refractivity contribution in [2.75, 3.05) is 13.2 Å². The molecule has 3 aromatic rings. The number of rotatable bonds is 6. The van der Waals surface area contributed by atoms with E-state index in [1.54, 1.807) is 0 Å². The quantitative estimate of drug-likeness (QED) is 0.659. The number of hydrogen-bond acceptors (Lipinski definition) is 3. The molecule has 0 unspecified atom stereocenters. The third kappa shape index (κ3) is 3.80. The molecule has 0 radical (unpaired) electrons. The van der Waals surface area contributed by atoms with Gasteiger partial charge in [-0.1, -0.05) is 54.6 Å². The second-order valence-electron chi connectivity index (χ2n) is 6.42. The lowest BCUT2D eigenvalue weighted by atomic mass is 9.87. The van der Waals surface area contributed by atoms with E-state index in [-0.39, 0.29) is 11.8 Å². The fourth-order valence-electron chi connectivity index (χ4n) is 3.28. The lowest BCUT2D eigenvalue weighted by Gasteiger charge is -2.27. The Morgan fingerprint density at radius 2 is 1.44 bits per heavy atom. The van der Waals surface area contributed by atoms with Crippen molar-refractivity contribution in [3.05, 3.63) is 90.0 Å². The van der Waals surface area contributed by atoms with Crippen LogP contribution in [-0.4, -0.2) is 19.1 Å². The minimum absolute atomic E-state index is 0.0158. The zero-order chi connectivity index (χ0) is 18.5. The zero-order valence-corrected chi connectivity index (χ0v) is 14.9. The Bertz CT molecular complexity index is 878. The predicted molar refractivity (Wildman–Crippen MR) is 104 cm³/mol. The third-order valence-electron chi connectivity index (χ3n) is 4.57. The van der Waals surface area contributed by atoms with Crippen molar-refractivity contribution in [3.8, 4) is 17.2 Å². The highest BCUT2D eigenvalue weighted by molar-refractivity contribution is 5.89. The Labute approximate surface area is 158 Å². The molecule has 27 heavy (non-hydrogen) atoms. The van der Waals surface area contributed by atoms with Crippen LogP contribution in [0.5, 0.6) is 17.2 Å². The number of benzene rings is 3. The van der Waals surface area contributed by atoms with Crippen LogP contribution in [0.3, 0.4) is 0 Å². The summed E-state index contributed by atoms with van der Waals surface area (Å²) in [5.41, 5.74) is 1.79. The monoisotopic (exact) mass is 359 g/mol. The molecule has 4 rings (SSSR count).